The highest BCUT2D eigenvalue weighted by Gasteiger charge is 2.25. The Balaban J connectivity index is 2.00. The molecule has 0 bridgehead atoms. The number of amides is 1. The summed E-state index contributed by atoms with van der Waals surface area (Å²) in [6, 6.07) is 6.67. The molecule has 170 valence electrons. The van der Waals surface area contributed by atoms with Crippen LogP contribution in [0.3, 0.4) is 0 Å². The first-order valence-electron chi connectivity index (χ1n) is 10.7. The minimum absolute atomic E-state index is 0.00393. The number of anilines is 2. The largest absolute Gasteiger partial charge is 0.383 e. The molecule has 0 saturated carbocycles. The SMILES string of the molecule is CCCCN(C(=O)c1ccc(-c2nc(C)no2)cc1)c1c(N)n(CCCC)c(=O)[nH]c1=O. The lowest BCUT2D eigenvalue weighted by Gasteiger charge is -2.24. The van der Waals surface area contributed by atoms with Crippen LogP contribution in [-0.4, -0.2) is 32.1 Å². The molecule has 0 radical (unpaired) electrons. The quantitative estimate of drug-likeness (QED) is 0.521. The Hall–Kier alpha value is -3.69. The van der Waals surface area contributed by atoms with Crippen molar-refractivity contribution in [3.63, 3.8) is 0 Å². The Labute approximate surface area is 185 Å². The number of unbranched alkanes of at least 4 members (excludes halogenated alkanes) is 2. The summed E-state index contributed by atoms with van der Waals surface area (Å²) in [5.41, 5.74) is 6.02. The van der Waals surface area contributed by atoms with E-state index in [-0.39, 0.29) is 17.4 Å². The van der Waals surface area contributed by atoms with Crippen LogP contribution in [0.4, 0.5) is 11.5 Å². The Bertz CT molecular complexity index is 1190. The number of aryl methyl sites for hydroxylation is 1. The lowest BCUT2D eigenvalue weighted by molar-refractivity contribution is 0.0986. The van der Waals surface area contributed by atoms with Crippen molar-refractivity contribution in [2.24, 2.45) is 0 Å². The molecule has 10 nitrogen and oxygen atoms in total. The van der Waals surface area contributed by atoms with Crippen LogP contribution in [0.5, 0.6) is 0 Å². The van der Waals surface area contributed by atoms with Gasteiger partial charge in [0.25, 0.3) is 17.4 Å². The number of aromatic amines is 1. The van der Waals surface area contributed by atoms with Gasteiger partial charge in [0.2, 0.25) is 0 Å². The molecular weight excluding hydrogens is 412 g/mol. The van der Waals surface area contributed by atoms with E-state index in [1.54, 1.807) is 31.2 Å². The molecule has 2 heterocycles. The predicted molar refractivity (Wildman–Crippen MR) is 122 cm³/mol. The average molecular weight is 441 g/mol. The first kappa shape index (κ1) is 23.0. The Kier molecular flexibility index (Phi) is 7.24. The van der Waals surface area contributed by atoms with Gasteiger partial charge in [0.15, 0.2) is 11.5 Å². The third kappa shape index (κ3) is 4.79. The van der Waals surface area contributed by atoms with Gasteiger partial charge in [0, 0.05) is 24.2 Å². The first-order chi connectivity index (χ1) is 15.4. The minimum Gasteiger partial charge on any atom is -0.383 e. The molecule has 0 aliphatic rings. The Morgan fingerprint density at radius 1 is 1.16 bits per heavy atom. The van der Waals surface area contributed by atoms with Crippen molar-refractivity contribution in [1.29, 1.82) is 0 Å². The van der Waals surface area contributed by atoms with Gasteiger partial charge in [0.1, 0.15) is 5.82 Å². The number of carbonyl (C=O) groups is 1. The third-order valence-corrected chi connectivity index (χ3v) is 5.11. The van der Waals surface area contributed by atoms with Crippen molar-refractivity contribution in [3.05, 3.63) is 56.5 Å². The summed E-state index contributed by atoms with van der Waals surface area (Å²) in [7, 11) is 0. The summed E-state index contributed by atoms with van der Waals surface area (Å²) < 4.78 is 6.47. The van der Waals surface area contributed by atoms with Crippen molar-refractivity contribution >= 4 is 17.4 Å². The maximum absolute atomic E-state index is 13.4. The molecule has 0 atom stereocenters. The summed E-state index contributed by atoms with van der Waals surface area (Å²) in [4.78, 5) is 46.2. The maximum Gasteiger partial charge on any atom is 0.330 e. The predicted octanol–water partition coefficient (Wildman–Crippen LogP) is 2.72. The van der Waals surface area contributed by atoms with Gasteiger partial charge in [0.05, 0.1) is 0 Å². The van der Waals surface area contributed by atoms with Crippen molar-refractivity contribution in [3.8, 4) is 11.5 Å². The lowest BCUT2D eigenvalue weighted by atomic mass is 10.1. The molecule has 0 spiro atoms. The molecule has 0 fully saturated rings. The summed E-state index contributed by atoms with van der Waals surface area (Å²) in [5.74, 6) is 0.478. The number of nitrogens with zero attached hydrogens (tertiary/aromatic N) is 4. The monoisotopic (exact) mass is 440 g/mol. The van der Waals surface area contributed by atoms with E-state index < -0.39 is 11.2 Å². The van der Waals surface area contributed by atoms with Crippen LogP contribution in [0, 0.1) is 6.92 Å². The highest BCUT2D eigenvalue weighted by molar-refractivity contribution is 6.07. The van der Waals surface area contributed by atoms with E-state index in [1.807, 2.05) is 13.8 Å². The normalized spacial score (nSPS) is 11.0. The second-order valence-corrected chi connectivity index (χ2v) is 7.53. The number of nitrogens with one attached hydrogen (secondary N) is 1. The zero-order valence-electron chi connectivity index (χ0n) is 18.6. The van der Waals surface area contributed by atoms with Crippen LogP contribution >= 0.6 is 0 Å². The molecule has 1 aromatic carbocycles. The number of hydrogen-bond acceptors (Lipinski definition) is 7. The topological polar surface area (TPSA) is 140 Å². The average Bonchev–Trinajstić information content (AvgIpc) is 3.21. The zero-order valence-corrected chi connectivity index (χ0v) is 18.6. The smallest absolute Gasteiger partial charge is 0.330 e. The van der Waals surface area contributed by atoms with Crippen LogP contribution in [-0.2, 0) is 6.54 Å². The fourth-order valence-corrected chi connectivity index (χ4v) is 3.33. The number of aromatic nitrogens is 4. The van der Waals surface area contributed by atoms with E-state index >= 15 is 0 Å². The fraction of sp³-hybridized carbons (Fsp3) is 0.409. The van der Waals surface area contributed by atoms with E-state index in [4.69, 9.17) is 10.3 Å². The minimum atomic E-state index is -0.678. The van der Waals surface area contributed by atoms with E-state index in [0.717, 1.165) is 19.3 Å². The fourth-order valence-electron chi connectivity index (χ4n) is 3.33. The first-order valence-corrected chi connectivity index (χ1v) is 10.7. The summed E-state index contributed by atoms with van der Waals surface area (Å²) >= 11 is 0. The summed E-state index contributed by atoms with van der Waals surface area (Å²) in [6.45, 7) is 6.35. The third-order valence-electron chi connectivity index (χ3n) is 5.11. The lowest BCUT2D eigenvalue weighted by Crippen LogP contribution is -2.41. The standard InChI is InChI=1S/C22H28N6O4/c1-4-6-12-27(17-18(23)28(13-7-5-2)22(31)25-19(17)29)21(30)16-10-8-15(9-11-16)20-24-14(3)26-32-20/h8-11H,4-7,12-13,23H2,1-3H3,(H,25,29,31). The van der Waals surface area contributed by atoms with Gasteiger partial charge in [-0.15, -0.1) is 0 Å². The van der Waals surface area contributed by atoms with Gasteiger partial charge >= 0.3 is 5.69 Å². The summed E-state index contributed by atoms with van der Waals surface area (Å²) in [5, 5.41) is 3.77. The number of hydrogen-bond donors (Lipinski definition) is 2. The molecule has 0 unspecified atom stereocenters. The zero-order chi connectivity index (χ0) is 23.3. The van der Waals surface area contributed by atoms with Crippen LogP contribution in [0.1, 0.15) is 55.7 Å². The molecule has 3 rings (SSSR count). The second-order valence-electron chi connectivity index (χ2n) is 7.53. The molecule has 2 aromatic heterocycles. The van der Waals surface area contributed by atoms with Crippen LogP contribution < -0.4 is 21.9 Å². The van der Waals surface area contributed by atoms with Gasteiger partial charge in [-0.2, -0.15) is 4.98 Å². The van der Waals surface area contributed by atoms with E-state index in [1.165, 1.54) is 9.47 Å². The number of rotatable bonds is 9. The highest BCUT2D eigenvalue weighted by Crippen LogP contribution is 2.23. The number of nitrogens with two attached hydrogens (primary N) is 1. The Morgan fingerprint density at radius 2 is 1.84 bits per heavy atom. The molecule has 0 saturated heterocycles. The van der Waals surface area contributed by atoms with Gasteiger partial charge in [-0.3, -0.25) is 19.1 Å². The molecular formula is C22H28N6O4. The molecule has 3 N–H and O–H groups in total. The van der Waals surface area contributed by atoms with Crippen LogP contribution in [0.25, 0.3) is 11.5 Å². The molecule has 0 aliphatic carbocycles. The van der Waals surface area contributed by atoms with Gasteiger partial charge < -0.3 is 15.2 Å². The van der Waals surface area contributed by atoms with Crippen LogP contribution in [0.2, 0.25) is 0 Å². The van der Waals surface area contributed by atoms with E-state index in [9.17, 15) is 14.4 Å². The number of nitrogen functional groups attached to an aromatic ring is 1. The molecule has 3 aromatic rings. The highest BCUT2D eigenvalue weighted by atomic mass is 16.5. The van der Waals surface area contributed by atoms with Gasteiger partial charge in [-0.1, -0.05) is 31.8 Å². The number of carbonyl (C=O) groups excluding carboxylic acids is 1. The summed E-state index contributed by atoms with van der Waals surface area (Å²) in [6.07, 6.45) is 3.05. The van der Waals surface area contributed by atoms with E-state index in [2.05, 4.69) is 15.1 Å². The Morgan fingerprint density at radius 3 is 2.44 bits per heavy atom. The van der Waals surface area contributed by atoms with Gasteiger partial charge in [-0.25, -0.2) is 4.79 Å². The van der Waals surface area contributed by atoms with E-state index in [0.29, 0.717) is 42.4 Å². The van der Waals surface area contributed by atoms with Gasteiger partial charge in [-0.05, 0) is 44.0 Å². The second kappa shape index (κ2) is 10.1. The van der Waals surface area contributed by atoms with Crippen LogP contribution in [0.15, 0.2) is 38.4 Å². The number of H-pyrrole nitrogens is 1. The van der Waals surface area contributed by atoms with Crippen molar-refractivity contribution in [1.82, 2.24) is 19.7 Å². The van der Waals surface area contributed by atoms with Crippen molar-refractivity contribution in [2.45, 2.75) is 53.0 Å². The van der Waals surface area contributed by atoms with Crippen molar-refractivity contribution < 1.29 is 9.32 Å². The maximum atomic E-state index is 13.4. The van der Waals surface area contributed by atoms with Crippen molar-refractivity contribution in [2.75, 3.05) is 17.2 Å². The molecule has 10 heteroatoms. The number of benzene rings is 1. The molecule has 0 aliphatic heterocycles. The molecule has 32 heavy (non-hydrogen) atoms. The molecule has 1 amide bonds.